The van der Waals surface area contributed by atoms with Crippen molar-refractivity contribution in [3.8, 4) is 0 Å². The first kappa shape index (κ1) is 27.1. The van der Waals surface area contributed by atoms with E-state index >= 15 is 0 Å². The maximum Gasteiger partial charge on any atom is 0.326 e. The molecular weight excluding hydrogens is 402 g/mol. The molecule has 0 saturated heterocycles. The van der Waals surface area contributed by atoms with Crippen molar-refractivity contribution in [2.75, 3.05) is 25.1 Å². The molecule has 4 atom stereocenters. The molecule has 0 aliphatic rings. The largest absolute Gasteiger partial charge is 0.480 e. The quantitative estimate of drug-likeness (QED) is 0.139. The van der Waals surface area contributed by atoms with Crippen molar-refractivity contribution in [2.45, 2.75) is 56.8 Å². The Morgan fingerprint density at radius 3 is 2.21 bits per heavy atom. The zero-order valence-electron chi connectivity index (χ0n) is 16.8. The van der Waals surface area contributed by atoms with Gasteiger partial charge in [-0.1, -0.05) is 0 Å². The van der Waals surface area contributed by atoms with Gasteiger partial charge in [0.25, 0.3) is 0 Å². The molecule has 3 amide bonds. The van der Waals surface area contributed by atoms with E-state index in [2.05, 4.69) is 16.0 Å². The Hall–Kier alpha value is -1.89. The second-order valence-electron chi connectivity index (χ2n) is 6.57. The van der Waals surface area contributed by atoms with Gasteiger partial charge in [-0.25, -0.2) is 4.79 Å². The molecule has 0 bridgehead atoms. The fourth-order valence-corrected chi connectivity index (χ4v) is 2.75. The highest BCUT2D eigenvalue weighted by Crippen LogP contribution is 2.05. The third-order valence-corrected chi connectivity index (χ3v) is 4.71. The number of aliphatic carboxylic acids is 1. The van der Waals surface area contributed by atoms with E-state index in [0.717, 1.165) is 0 Å². The first-order valence-corrected chi connectivity index (χ1v) is 10.8. The average molecular weight is 436 g/mol. The fraction of sp³-hybridized carbons (Fsp3) is 0.765. The Morgan fingerprint density at radius 2 is 1.69 bits per heavy atom. The third-order valence-electron chi connectivity index (χ3n) is 4.07. The number of hydrogen-bond acceptors (Lipinski definition) is 8. The number of rotatable bonds is 15. The minimum absolute atomic E-state index is 0.249. The third kappa shape index (κ3) is 11.6. The number of amides is 3. The van der Waals surface area contributed by atoms with Gasteiger partial charge in [-0.3, -0.25) is 14.4 Å². The first-order valence-electron chi connectivity index (χ1n) is 9.36. The number of thioether (sulfide) groups is 1. The second kappa shape index (κ2) is 15.0. The average Bonchev–Trinajstić information content (AvgIpc) is 2.67. The summed E-state index contributed by atoms with van der Waals surface area (Å²) in [5.41, 5.74) is 10.9. The summed E-state index contributed by atoms with van der Waals surface area (Å²) < 4.78 is 0. The molecule has 0 aromatic heterocycles. The van der Waals surface area contributed by atoms with Crippen molar-refractivity contribution in [3.63, 3.8) is 0 Å². The molecule has 0 radical (unpaired) electrons. The van der Waals surface area contributed by atoms with Crippen molar-refractivity contribution in [1.82, 2.24) is 16.0 Å². The normalized spacial score (nSPS) is 14.9. The van der Waals surface area contributed by atoms with Crippen molar-refractivity contribution >= 4 is 35.5 Å². The van der Waals surface area contributed by atoms with Gasteiger partial charge in [-0.05, 0) is 51.2 Å². The minimum atomic E-state index is -1.18. The van der Waals surface area contributed by atoms with Crippen LogP contribution in [0.1, 0.15) is 32.6 Å². The van der Waals surface area contributed by atoms with Crippen molar-refractivity contribution < 1.29 is 29.4 Å². The topological polar surface area (TPSA) is 197 Å². The Bertz CT molecular complexity index is 548. The van der Waals surface area contributed by atoms with Crippen LogP contribution in [0.5, 0.6) is 0 Å². The molecule has 0 rings (SSSR count). The minimum Gasteiger partial charge on any atom is -0.480 e. The van der Waals surface area contributed by atoms with Gasteiger partial charge in [-0.2, -0.15) is 11.8 Å². The molecule has 0 aromatic carbocycles. The second-order valence-corrected chi connectivity index (χ2v) is 7.56. The lowest BCUT2D eigenvalue weighted by Gasteiger charge is -2.22. The molecule has 0 heterocycles. The summed E-state index contributed by atoms with van der Waals surface area (Å²) in [4.78, 5) is 47.7. The van der Waals surface area contributed by atoms with Gasteiger partial charge in [0.15, 0.2) is 0 Å². The SMILES string of the molecule is CSCCC(NC(=O)C(CCCCN)NC(=O)CNC(=O)C(N)C(C)O)C(=O)O. The highest BCUT2D eigenvalue weighted by molar-refractivity contribution is 7.98. The van der Waals surface area contributed by atoms with Gasteiger partial charge < -0.3 is 37.6 Å². The fourth-order valence-electron chi connectivity index (χ4n) is 2.28. The van der Waals surface area contributed by atoms with Gasteiger partial charge >= 0.3 is 5.97 Å². The molecule has 29 heavy (non-hydrogen) atoms. The van der Waals surface area contributed by atoms with Crippen molar-refractivity contribution in [3.05, 3.63) is 0 Å². The molecular formula is C17H33N5O6S. The number of unbranched alkanes of at least 4 members (excludes halogenated alkanes) is 1. The number of aliphatic hydroxyl groups is 1. The van der Waals surface area contributed by atoms with Gasteiger partial charge in [-0.15, -0.1) is 0 Å². The highest BCUT2D eigenvalue weighted by atomic mass is 32.2. The standard InChI is InChI=1S/C17H33N5O6S/c1-10(23)14(19)16(26)20-9-13(24)21-11(5-3-4-7-18)15(25)22-12(17(27)28)6-8-29-2/h10-12,14,23H,3-9,18-19H2,1-2H3,(H,20,26)(H,21,24)(H,22,25)(H,27,28). The molecule has 0 fully saturated rings. The molecule has 11 nitrogen and oxygen atoms in total. The van der Waals surface area contributed by atoms with E-state index in [1.54, 1.807) is 0 Å². The molecule has 0 spiro atoms. The maximum atomic E-state index is 12.5. The van der Waals surface area contributed by atoms with Crippen LogP contribution in [-0.2, 0) is 19.2 Å². The van der Waals surface area contributed by atoms with Gasteiger partial charge in [0.1, 0.15) is 18.1 Å². The Labute approximate surface area is 174 Å². The highest BCUT2D eigenvalue weighted by Gasteiger charge is 2.26. The summed E-state index contributed by atoms with van der Waals surface area (Å²) in [7, 11) is 0. The van der Waals surface area contributed by atoms with Crippen molar-refractivity contribution in [2.24, 2.45) is 11.5 Å². The summed E-state index contributed by atoms with van der Waals surface area (Å²) in [5.74, 6) is -2.56. The smallest absolute Gasteiger partial charge is 0.326 e. The molecule has 0 saturated carbocycles. The molecule has 0 aromatic rings. The van der Waals surface area contributed by atoms with E-state index in [1.807, 2.05) is 6.26 Å². The van der Waals surface area contributed by atoms with Crippen LogP contribution in [0.15, 0.2) is 0 Å². The van der Waals surface area contributed by atoms with E-state index < -0.39 is 54.5 Å². The van der Waals surface area contributed by atoms with E-state index in [4.69, 9.17) is 11.5 Å². The lowest BCUT2D eigenvalue weighted by Crippen LogP contribution is -2.54. The number of carbonyl (C=O) groups excluding carboxylic acids is 3. The molecule has 4 unspecified atom stereocenters. The Balaban J connectivity index is 4.88. The van der Waals surface area contributed by atoms with Gasteiger partial charge in [0.2, 0.25) is 17.7 Å². The van der Waals surface area contributed by atoms with Crippen LogP contribution in [0.25, 0.3) is 0 Å². The number of carboxylic acids is 1. The molecule has 0 aliphatic carbocycles. The van der Waals surface area contributed by atoms with E-state index in [9.17, 15) is 29.4 Å². The first-order chi connectivity index (χ1) is 13.6. The number of carbonyl (C=O) groups is 4. The zero-order chi connectivity index (χ0) is 22.4. The number of carboxylic acid groups (broad SMARTS) is 1. The van der Waals surface area contributed by atoms with Crippen molar-refractivity contribution in [1.29, 1.82) is 0 Å². The lowest BCUT2D eigenvalue weighted by molar-refractivity contribution is -0.142. The molecule has 9 N–H and O–H groups in total. The predicted octanol–water partition coefficient (Wildman–Crippen LogP) is -2.25. The number of aliphatic hydroxyl groups excluding tert-OH is 1. The van der Waals surface area contributed by atoms with Gasteiger partial charge in [0.05, 0.1) is 12.6 Å². The van der Waals surface area contributed by atoms with Crippen LogP contribution in [0.3, 0.4) is 0 Å². The zero-order valence-corrected chi connectivity index (χ0v) is 17.7. The van der Waals surface area contributed by atoms with Crippen LogP contribution < -0.4 is 27.4 Å². The Morgan fingerprint density at radius 1 is 1.03 bits per heavy atom. The van der Waals surface area contributed by atoms with Crippen LogP contribution >= 0.6 is 11.8 Å². The van der Waals surface area contributed by atoms with E-state index in [1.165, 1.54) is 18.7 Å². The van der Waals surface area contributed by atoms with Crippen LogP contribution in [0.4, 0.5) is 0 Å². The maximum absolute atomic E-state index is 12.5. The van der Waals surface area contributed by atoms with E-state index in [0.29, 0.717) is 25.1 Å². The summed E-state index contributed by atoms with van der Waals surface area (Å²) >= 11 is 1.46. The number of nitrogens with one attached hydrogen (secondary N) is 3. The molecule has 12 heteroatoms. The Kier molecular flexibility index (Phi) is 14.0. The van der Waals surface area contributed by atoms with E-state index in [-0.39, 0.29) is 12.8 Å². The number of hydrogen-bond donors (Lipinski definition) is 7. The number of nitrogens with two attached hydrogens (primary N) is 2. The summed E-state index contributed by atoms with van der Waals surface area (Å²) in [5, 5.41) is 25.8. The predicted molar refractivity (Wildman–Crippen MR) is 110 cm³/mol. The van der Waals surface area contributed by atoms with Crippen LogP contribution in [0.2, 0.25) is 0 Å². The summed E-state index contributed by atoms with van der Waals surface area (Å²) in [6.07, 6.45) is 2.45. The molecule has 0 aliphatic heterocycles. The molecule has 168 valence electrons. The summed E-state index contributed by atoms with van der Waals surface area (Å²) in [6, 6.07) is -3.21. The summed E-state index contributed by atoms with van der Waals surface area (Å²) in [6.45, 7) is 1.33. The van der Waals surface area contributed by atoms with Crippen LogP contribution in [0, 0.1) is 0 Å². The van der Waals surface area contributed by atoms with Gasteiger partial charge in [0, 0.05) is 0 Å². The lowest BCUT2D eigenvalue weighted by atomic mass is 10.1. The monoisotopic (exact) mass is 435 g/mol. The van der Waals surface area contributed by atoms with Crippen LogP contribution in [-0.4, -0.2) is 83.2 Å².